The van der Waals surface area contributed by atoms with Gasteiger partial charge in [-0.2, -0.15) is 0 Å². The second kappa shape index (κ2) is 12.5. The van der Waals surface area contributed by atoms with Gasteiger partial charge in [-0.25, -0.2) is 4.79 Å². The number of benzene rings is 4. The van der Waals surface area contributed by atoms with E-state index in [0.29, 0.717) is 23.8 Å². The molecule has 7 nitrogen and oxygen atoms in total. The second-order valence-corrected chi connectivity index (χ2v) is 9.30. The van der Waals surface area contributed by atoms with E-state index in [-0.39, 0.29) is 6.03 Å². The predicted octanol–water partition coefficient (Wildman–Crippen LogP) is 7.19. The number of carbonyl (C=O) groups excluding carboxylic acids is 1. The van der Waals surface area contributed by atoms with Gasteiger partial charge in [-0.1, -0.05) is 91.0 Å². The lowest BCUT2D eigenvalue weighted by Gasteiger charge is -2.11. The van der Waals surface area contributed by atoms with E-state index in [1.165, 1.54) is 0 Å². The highest BCUT2D eigenvalue weighted by Gasteiger charge is 2.21. The summed E-state index contributed by atoms with van der Waals surface area (Å²) in [6, 6.07) is 37.2. The van der Waals surface area contributed by atoms with Crippen LogP contribution >= 0.6 is 0 Å². The van der Waals surface area contributed by atoms with Crippen molar-refractivity contribution in [1.29, 1.82) is 5.41 Å². The van der Waals surface area contributed by atoms with E-state index < -0.39 is 0 Å². The van der Waals surface area contributed by atoms with Gasteiger partial charge in [0.1, 0.15) is 11.5 Å². The van der Waals surface area contributed by atoms with Crippen LogP contribution in [0.15, 0.2) is 115 Å². The molecule has 0 atom stereocenters. The number of aromatic amines is 1. The number of nitrogens with one attached hydrogen (secondary N) is 6. The van der Waals surface area contributed by atoms with E-state index in [4.69, 9.17) is 5.41 Å². The molecule has 2 amide bonds. The minimum Gasteiger partial charge on any atom is -0.386 e. The minimum atomic E-state index is -0.287. The van der Waals surface area contributed by atoms with Crippen molar-refractivity contribution in [2.75, 3.05) is 29.5 Å². The molecule has 0 bridgehead atoms. The lowest BCUT2D eigenvalue weighted by atomic mass is 10.00. The first kappa shape index (κ1) is 26.3. The average molecular weight is 529 g/mol. The lowest BCUT2D eigenvalue weighted by molar-refractivity contribution is 0.262. The van der Waals surface area contributed by atoms with Gasteiger partial charge >= 0.3 is 6.03 Å². The molecule has 5 aromatic rings. The smallest absolute Gasteiger partial charge is 0.323 e. The molecule has 200 valence electrons. The van der Waals surface area contributed by atoms with Gasteiger partial charge in [0.05, 0.1) is 11.4 Å². The van der Waals surface area contributed by atoms with Crippen molar-refractivity contribution < 1.29 is 4.79 Å². The Morgan fingerprint density at radius 2 is 1.27 bits per heavy atom. The number of para-hydroxylation sites is 1. The number of aromatic nitrogens is 1. The van der Waals surface area contributed by atoms with Gasteiger partial charge in [0, 0.05) is 30.5 Å². The topological polar surface area (TPSA) is 105 Å². The number of rotatable bonds is 9. The molecule has 1 aromatic heterocycles. The van der Waals surface area contributed by atoms with E-state index in [9.17, 15) is 4.79 Å². The number of anilines is 3. The van der Waals surface area contributed by atoms with Crippen LogP contribution in [0.2, 0.25) is 0 Å². The quantitative estimate of drug-likeness (QED) is 0.0901. The molecule has 1 heterocycles. The summed E-state index contributed by atoms with van der Waals surface area (Å²) in [5.74, 6) is 0.319. The first-order valence-corrected chi connectivity index (χ1v) is 13.2. The Morgan fingerprint density at radius 1 is 0.725 bits per heavy atom. The number of amidine groups is 1. The van der Waals surface area contributed by atoms with E-state index >= 15 is 0 Å². The van der Waals surface area contributed by atoms with Crippen molar-refractivity contribution in [2.24, 2.45) is 0 Å². The largest absolute Gasteiger partial charge is 0.386 e. The highest BCUT2D eigenvalue weighted by Crippen LogP contribution is 2.40. The van der Waals surface area contributed by atoms with E-state index in [1.807, 2.05) is 98.0 Å². The molecular weight excluding hydrogens is 496 g/mol. The highest BCUT2D eigenvalue weighted by molar-refractivity contribution is 6.07. The molecule has 40 heavy (non-hydrogen) atoms. The Balaban J connectivity index is 1.24. The highest BCUT2D eigenvalue weighted by atomic mass is 16.2. The number of hydrogen-bond donors (Lipinski definition) is 6. The molecular formula is C33H32N6O. The molecule has 4 aromatic carbocycles. The molecule has 0 spiro atoms. The molecule has 0 aliphatic carbocycles. The first-order valence-electron chi connectivity index (χ1n) is 13.2. The number of H-pyrrole nitrogens is 1. The summed E-state index contributed by atoms with van der Waals surface area (Å²) in [5, 5.41) is 21.1. The first-order chi connectivity index (χ1) is 19.6. The van der Waals surface area contributed by atoms with Gasteiger partial charge in [-0.3, -0.25) is 5.41 Å². The van der Waals surface area contributed by atoms with Gasteiger partial charge in [-0.05, 0) is 47.4 Å². The Kier molecular flexibility index (Phi) is 8.22. The number of hydrogen-bond acceptors (Lipinski definition) is 3. The van der Waals surface area contributed by atoms with Crippen molar-refractivity contribution >= 4 is 28.9 Å². The number of urea groups is 1. The Hall–Kier alpha value is -5.30. The van der Waals surface area contributed by atoms with Crippen molar-refractivity contribution in [3.05, 3.63) is 127 Å². The van der Waals surface area contributed by atoms with Gasteiger partial charge < -0.3 is 26.3 Å². The molecule has 5 rings (SSSR count). The summed E-state index contributed by atoms with van der Waals surface area (Å²) in [4.78, 5) is 15.8. The van der Waals surface area contributed by atoms with Crippen LogP contribution in [-0.4, -0.2) is 30.4 Å². The van der Waals surface area contributed by atoms with E-state index in [2.05, 4.69) is 50.5 Å². The van der Waals surface area contributed by atoms with E-state index in [0.717, 1.165) is 45.7 Å². The Morgan fingerprint density at radius 3 is 1.88 bits per heavy atom. The van der Waals surface area contributed by atoms with Crippen LogP contribution in [0.1, 0.15) is 11.3 Å². The Labute approximate surface area is 234 Å². The lowest BCUT2D eigenvalue weighted by Crippen LogP contribution is -2.26. The normalized spacial score (nSPS) is 10.5. The molecule has 7 heteroatoms. The fourth-order valence-corrected chi connectivity index (χ4v) is 4.64. The molecule has 0 unspecified atom stereocenters. The maximum atomic E-state index is 12.2. The molecule has 6 N–H and O–H groups in total. The average Bonchev–Trinajstić information content (AvgIpc) is 3.39. The van der Waals surface area contributed by atoms with Crippen LogP contribution in [0.4, 0.5) is 21.9 Å². The third kappa shape index (κ3) is 6.22. The van der Waals surface area contributed by atoms with Gasteiger partial charge in [0.2, 0.25) is 0 Å². The third-order valence-electron chi connectivity index (χ3n) is 6.58. The SMILES string of the molecule is CNc1c(C(=N)NCCc2ccc(NC(=O)Nc3ccccc3)cc2)[nH]c(-c2ccccc2)c1-c1ccccc1. The number of carbonyl (C=O) groups is 1. The second-order valence-electron chi connectivity index (χ2n) is 9.30. The minimum absolute atomic E-state index is 0.287. The summed E-state index contributed by atoms with van der Waals surface area (Å²) in [6.45, 7) is 0.587. The zero-order chi connectivity index (χ0) is 27.7. The van der Waals surface area contributed by atoms with E-state index in [1.54, 1.807) is 0 Å². The molecule has 0 radical (unpaired) electrons. The van der Waals surface area contributed by atoms with Crippen molar-refractivity contribution in [2.45, 2.75) is 6.42 Å². The monoisotopic (exact) mass is 528 g/mol. The standard InChI is InChI=1S/C33H32N6O/c1-35-30-28(24-11-5-2-6-12-24)29(25-13-7-3-8-14-25)39-31(30)32(34)36-22-21-23-17-19-27(20-18-23)38-33(40)37-26-15-9-4-10-16-26/h2-20,35,39H,21-22H2,1H3,(H2,34,36)(H2,37,38,40). The van der Waals surface area contributed by atoms with Crippen LogP contribution < -0.4 is 21.3 Å². The fraction of sp³-hybridized carbons (Fsp3) is 0.0909. The summed E-state index contributed by atoms with van der Waals surface area (Å²) in [6.07, 6.45) is 0.728. The zero-order valence-electron chi connectivity index (χ0n) is 22.3. The summed E-state index contributed by atoms with van der Waals surface area (Å²) >= 11 is 0. The van der Waals surface area contributed by atoms with Crippen molar-refractivity contribution in [3.63, 3.8) is 0 Å². The molecule has 0 saturated carbocycles. The summed E-state index contributed by atoms with van der Waals surface area (Å²) in [5.41, 5.74) is 8.29. The molecule has 0 fully saturated rings. The maximum absolute atomic E-state index is 12.2. The van der Waals surface area contributed by atoms with Crippen LogP contribution in [0, 0.1) is 5.41 Å². The molecule has 0 aliphatic heterocycles. The molecule has 0 saturated heterocycles. The summed E-state index contributed by atoms with van der Waals surface area (Å²) < 4.78 is 0. The Bertz CT molecular complexity index is 1560. The van der Waals surface area contributed by atoms with Gasteiger partial charge in [-0.15, -0.1) is 0 Å². The predicted molar refractivity (Wildman–Crippen MR) is 165 cm³/mol. The van der Waals surface area contributed by atoms with Crippen molar-refractivity contribution in [3.8, 4) is 22.4 Å². The third-order valence-corrected chi connectivity index (χ3v) is 6.58. The zero-order valence-corrected chi connectivity index (χ0v) is 22.3. The van der Waals surface area contributed by atoms with Crippen LogP contribution in [-0.2, 0) is 6.42 Å². The summed E-state index contributed by atoms with van der Waals surface area (Å²) in [7, 11) is 1.89. The fourth-order valence-electron chi connectivity index (χ4n) is 4.64. The van der Waals surface area contributed by atoms with Crippen LogP contribution in [0.25, 0.3) is 22.4 Å². The van der Waals surface area contributed by atoms with Crippen molar-refractivity contribution in [1.82, 2.24) is 10.3 Å². The van der Waals surface area contributed by atoms with Gasteiger partial charge in [0.15, 0.2) is 0 Å². The van der Waals surface area contributed by atoms with Crippen LogP contribution in [0.5, 0.6) is 0 Å². The van der Waals surface area contributed by atoms with Crippen LogP contribution in [0.3, 0.4) is 0 Å². The number of amides is 2. The maximum Gasteiger partial charge on any atom is 0.323 e. The molecule has 0 aliphatic rings. The van der Waals surface area contributed by atoms with Gasteiger partial charge in [0.25, 0.3) is 0 Å².